The van der Waals surface area contributed by atoms with Crippen molar-refractivity contribution in [1.82, 2.24) is 15.1 Å². The summed E-state index contributed by atoms with van der Waals surface area (Å²) in [5.41, 5.74) is 0. The molecule has 1 heterocycles. The Kier molecular flexibility index (Phi) is 5.58. The molecule has 2 fully saturated rings. The number of guanidine groups is 1. The second kappa shape index (κ2) is 7.06. The molecule has 2 aliphatic rings. The second-order valence-corrected chi connectivity index (χ2v) is 6.32. The molecule has 22 heavy (non-hydrogen) atoms. The van der Waals surface area contributed by atoms with E-state index >= 15 is 0 Å². The third kappa shape index (κ3) is 4.27. The first-order valence-electron chi connectivity index (χ1n) is 8.15. The van der Waals surface area contributed by atoms with Gasteiger partial charge in [-0.2, -0.15) is 13.2 Å². The van der Waals surface area contributed by atoms with E-state index in [1.165, 1.54) is 31.1 Å². The molecule has 0 aromatic rings. The number of rotatable bonds is 4. The zero-order valence-corrected chi connectivity index (χ0v) is 13.7. The molecule has 1 aliphatic heterocycles. The van der Waals surface area contributed by atoms with Crippen molar-refractivity contribution in [3.8, 4) is 0 Å². The van der Waals surface area contributed by atoms with Gasteiger partial charge < -0.3 is 10.2 Å². The molecule has 0 aromatic heterocycles. The highest BCUT2D eigenvalue weighted by Crippen LogP contribution is 2.34. The summed E-state index contributed by atoms with van der Waals surface area (Å²) in [5, 5.41) is 3.45. The summed E-state index contributed by atoms with van der Waals surface area (Å²) in [7, 11) is 1.74. The molecule has 1 saturated carbocycles. The maximum Gasteiger partial charge on any atom is 0.403 e. The van der Waals surface area contributed by atoms with Crippen molar-refractivity contribution in [2.24, 2.45) is 10.9 Å². The Balaban J connectivity index is 1.80. The molecule has 0 amide bonds. The third-order valence-electron chi connectivity index (χ3n) is 4.74. The van der Waals surface area contributed by atoms with Crippen LogP contribution in [0.5, 0.6) is 0 Å². The third-order valence-corrected chi connectivity index (χ3v) is 4.74. The number of aliphatic imine (C=N–C) groups is 1. The number of hydrogen-bond acceptors (Lipinski definition) is 2. The van der Waals surface area contributed by atoms with Crippen LogP contribution in [0.15, 0.2) is 4.99 Å². The fourth-order valence-electron chi connectivity index (χ4n) is 3.11. The average molecular weight is 320 g/mol. The van der Waals surface area contributed by atoms with Crippen molar-refractivity contribution >= 4 is 5.96 Å². The van der Waals surface area contributed by atoms with Gasteiger partial charge in [0.2, 0.25) is 0 Å². The predicted octanol–water partition coefficient (Wildman–Crippen LogP) is 2.32. The van der Waals surface area contributed by atoms with Gasteiger partial charge in [0.25, 0.3) is 0 Å². The number of piperazine rings is 1. The highest BCUT2D eigenvalue weighted by molar-refractivity contribution is 5.80. The topological polar surface area (TPSA) is 30.9 Å². The first-order chi connectivity index (χ1) is 10.4. The first kappa shape index (κ1) is 17.4. The Morgan fingerprint density at radius 2 is 1.91 bits per heavy atom. The molecule has 0 aromatic carbocycles. The Labute approximate surface area is 130 Å². The second-order valence-electron chi connectivity index (χ2n) is 6.32. The lowest BCUT2D eigenvalue weighted by molar-refractivity contribution is -0.181. The van der Waals surface area contributed by atoms with E-state index in [1.54, 1.807) is 7.05 Å². The SMILES string of the molecule is CCCC1CC1NC(=NC)N1CCN(C(C)C(F)(F)F)CC1. The summed E-state index contributed by atoms with van der Waals surface area (Å²) >= 11 is 0. The summed E-state index contributed by atoms with van der Waals surface area (Å²) in [4.78, 5) is 7.87. The molecule has 4 nitrogen and oxygen atoms in total. The Morgan fingerprint density at radius 1 is 1.27 bits per heavy atom. The molecule has 1 saturated heterocycles. The number of nitrogens with one attached hydrogen (secondary N) is 1. The van der Waals surface area contributed by atoms with Crippen LogP contribution in [0.4, 0.5) is 13.2 Å². The molecular formula is C15H27F3N4. The van der Waals surface area contributed by atoms with Gasteiger partial charge in [-0.05, 0) is 25.7 Å². The highest BCUT2D eigenvalue weighted by Gasteiger charge is 2.41. The molecule has 3 unspecified atom stereocenters. The van der Waals surface area contributed by atoms with Crippen molar-refractivity contribution in [3.63, 3.8) is 0 Å². The van der Waals surface area contributed by atoms with Crippen LogP contribution in [-0.2, 0) is 0 Å². The quantitative estimate of drug-likeness (QED) is 0.637. The largest absolute Gasteiger partial charge is 0.403 e. The van der Waals surface area contributed by atoms with Crippen LogP contribution in [0.2, 0.25) is 0 Å². The molecular weight excluding hydrogens is 293 g/mol. The van der Waals surface area contributed by atoms with Gasteiger partial charge in [-0.25, -0.2) is 0 Å². The number of halogens is 3. The normalized spacial score (nSPS) is 28.6. The van der Waals surface area contributed by atoms with Crippen LogP contribution < -0.4 is 5.32 Å². The van der Waals surface area contributed by atoms with Gasteiger partial charge in [0, 0.05) is 39.3 Å². The fourth-order valence-corrected chi connectivity index (χ4v) is 3.11. The lowest BCUT2D eigenvalue weighted by Crippen LogP contribution is -2.57. The van der Waals surface area contributed by atoms with E-state index in [9.17, 15) is 13.2 Å². The fraction of sp³-hybridized carbons (Fsp3) is 0.933. The molecule has 3 atom stereocenters. The van der Waals surface area contributed by atoms with Crippen LogP contribution >= 0.6 is 0 Å². The summed E-state index contributed by atoms with van der Waals surface area (Å²) in [6, 6.07) is -0.882. The minimum absolute atomic E-state index is 0.421. The standard InChI is InChI=1S/C15H27F3N4/c1-4-5-12-10-13(12)20-14(19-3)22-8-6-21(7-9-22)11(2)15(16,17)18/h11-13H,4-10H2,1-3H3,(H,19,20). The van der Waals surface area contributed by atoms with Gasteiger partial charge in [0.05, 0.1) is 0 Å². The van der Waals surface area contributed by atoms with Crippen molar-refractivity contribution in [2.45, 2.75) is 51.4 Å². The maximum atomic E-state index is 12.8. The minimum atomic E-state index is -4.15. The van der Waals surface area contributed by atoms with Crippen molar-refractivity contribution in [2.75, 3.05) is 33.2 Å². The molecule has 0 radical (unpaired) electrons. The monoisotopic (exact) mass is 320 g/mol. The Morgan fingerprint density at radius 3 is 2.41 bits per heavy atom. The summed E-state index contributed by atoms with van der Waals surface area (Å²) in [5.74, 6) is 1.57. The van der Waals surface area contributed by atoms with Crippen LogP contribution in [0.1, 0.15) is 33.1 Å². The maximum absolute atomic E-state index is 12.8. The molecule has 1 aliphatic carbocycles. The van der Waals surface area contributed by atoms with Gasteiger partial charge >= 0.3 is 6.18 Å². The summed E-state index contributed by atoms with van der Waals surface area (Å²) < 4.78 is 38.3. The van der Waals surface area contributed by atoms with E-state index in [-0.39, 0.29) is 0 Å². The van der Waals surface area contributed by atoms with E-state index in [1.807, 2.05) is 0 Å². The Hall–Kier alpha value is -0.980. The first-order valence-corrected chi connectivity index (χ1v) is 8.15. The van der Waals surface area contributed by atoms with Gasteiger partial charge in [-0.1, -0.05) is 13.3 Å². The van der Waals surface area contributed by atoms with E-state index < -0.39 is 12.2 Å². The van der Waals surface area contributed by atoms with Gasteiger partial charge in [0.15, 0.2) is 5.96 Å². The van der Waals surface area contributed by atoms with Crippen molar-refractivity contribution in [3.05, 3.63) is 0 Å². The summed E-state index contributed by atoms with van der Waals surface area (Å²) in [6.45, 7) is 5.44. The molecule has 7 heteroatoms. The van der Waals surface area contributed by atoms with E-state index in [0.717, 1.165) is 11.9 Å². The Bertz CT molecular complexity index is 389. The van der Waals surface area contributed by atoms with Gasteiger partial charge in [0.1, 0.15) is 6.04 Å². The molecule has 2 rings (SSSR count). The lowest BCUT2D eigenvalue weighted by atomic mass is 10.2. The lowest BCUT2D eigenvalue weighted by Gasteiger charge is -2.39. The molecule has 128 valence electrons. The highest BCUT2D eigenvalue weighted by atomic mass is 19.4. The van der Waals surface area contributed by atoms with Crippen molar-refractivity contribution in [1.29, 1.82) is 0 Å². The smallest absolute Gasteiger partial charge is 0.353 e. The van der Waals surface area contributed by atoms with Crippen LogP contribution in [0.25, 0.3) is 0 Å². The van der Waals surface area contributed by atoms with E-state index in [2.05, 4.69) is 22.1 Å². The van der Waals surface area contributed by atoms with Crippen LogP contribution in [-0.4, -0.2) is 67.2 Å². The average Bonchev–Trinajstić information content (AvgIpc) is 3.21. The molecule has 0 bridgehead atoms. The van der Waals surface area contributed by atoms with Crippen molar-refractivity contribution < 1.29 is 13.2 Å². The molecule has 1 N–H and O–H groups in total. The molecule has 0 spiro atoms. The summed E-state index contributed by atoms with van der Waals surface area (Å²) in [6.07, 6.45) is -0.553. The van der Waals surface area contributed by atoms with Crippen LogP contribution in [0, 0.1) is 5.92 Å². The van der Waals surface area contributed by atoms with Gasteiger partial charge in [-0.15, -0.1) is 0 Å². The number of nitrogens with zero attached hydrogens (tertiary/aromatic N) is 3. The van der Waals surface area contributed by atoms with Crippen LogP contribution in [0.3, 0.4) is 0 Å². The zero-order valence-electron chi connectivity index (χ0n) is 13.7. The number of hydrogen-bond donors (Lipinski definition) is 1. The zero-order chi connectivity index (χ0) is 16.3. The number of alkyl halides is 3. The predicted molar refractivity (Wildman–Crippen MR) is 82.0 cm³/mol. The van der Waals surface area contributed by atoms with E-state index in [4.69, 9.17) is 0 Å². The van der Waals surface area contributed by atoms with Gasteiger partial charge in [-0.3, -0.25) is 9.89 Å². The minimum Gasteiger partial charge on any atom is -0.353 e. The van der Waals surface area contributed by atoms with E-state index in [0.29, 0.717) is 32.2 Å².